The van der Waals surface area contributed by atoms with Crippen molar-refractivity contribution in [2.45, 2.75) is 0 Å². The van der Waals surface area contributed by atoms with Crippen LogP contribution in [-0.4, -0.2) is 35.3 Å². The van der Waals surface area contributed by atoms with Crippen molar-refractivity contribution in [1.29, 1.82) is 0 Å². The van der Waals surface area contributed by atoms with Crippen molar-refractivity contribution in [1.82, 2.24) is 14.9 Å². The zero-order valence-electron chi connectivity index (χ0n) is 13.9. The van der Waals surface area contributed by atoms with E-state index in [9.17, 15) is 0 Å². The van der Waals surface area contributed by atoms with E-state index in [1.54, 1.807) is 50.8 Å². The minimum absolute atomic E-state index is 0.337. The molecule has 1 aromatic heterocycles. The van der Waals surface area contributed by atoms with E-state index in [0.29, 0.717) is 37.7 Å². The fraction of sp³-hybridized carbons (Fsp3) is 0.118. The van der Waals surface area contributed by atoms with Gasteiger partial charge in [-0.15, -0.1) is 0 Å². The van der Waals surface area contributed by atoms with Crippen LogP contribution in [0.4, 0.5) is 0 Å². The molecule has 1 N–H and O–H groups in total. The first-order valence-electron chi connectivity index (χ1n) is 7.43. The van der Waals surface area contributed by atoms with E-state index < -0.39 is 0 Å². The number of halogens is 2. The molecule has 0 fully saturated rings. The topological polar surface area (TPSA) is 64.4 Å². The van der Waals surface area contributed by atoms with Crippen molar-refractivity contribution in [3.63, 3.8) is 0 Å². The second-order valence-corrected chi connectivity index (χ2v) is 6.29. The molecule has 0 aliphatic heterocycles. The molecule has 0 aliphatic carbocycles. The lowest BCUT2D eigenvalue weighted by Crippen LogP contribution is -1.97. The molecular weight excluding hydrogens is 395 g/mol. The molecule has 26 heavy (non-hydrogen) atoms. The Kier molecular flexibility index (Phi) is 5.61. The van der Waals surface area contributed by atoms with Crippen molar-refractivity contribution in [2.75, 3.05) is 14.2 Å². The van der Waals surface area contributed by atoms with Crippen LogP contribution in [-0.2, 0) is 0 Å². The number of hydrogen-bond acceptors (Lipinski definition) is 5. The van der Waals surface area contributed by atoms with Crippen molar-refractivity contribution in [3.8, 4) is 22.9 Å². The van der Waals surface area contributed by atoms with E-state index in [4.69, 9.17) is 44.9 Å². The molecule has 0 bridgehead atoms. The maximum absolute atomic E-state index is 6.19. The molecule has 0 atom stereocenters. The van der Waals surface area contributed by atoms with Crippen LogP contribution in [0.5, 0.6) is 11.5 Å². The molecular formula is C17H14Cl2N4O2S. The van der Waals surface area contributed by atoms with Gasteiger partial charge in [-0.25, -0.2) is 5.10 Å². The van der Waals surface area contributed by atoms with E-state index in [-0.39, 0.29) is 0 Å². The van der Waals surface area contributed by atoms with Crippen LogP contribution < -0.4 is 9.47 Å². The Labute approximate surface area is 165 Å². The van der Waals surface area contributed by atoms with Crippen LogP contribution >= 0.6 is 35.4 Å². The normalized spacial score (nSPS) is 11.1. The van der Waals surface area contributed by atoms with Crippen LogP contribution in [0.15, 0.2) is 41.5 Å². The predicted octanol–water partition coefficient (Wildman–Crippen LogP) is 4.81. The predicted molar refractivity (Wildman–Crippen MR) is 105 cm³/mol. The Balaban J connectivity index is 2.04. The Bertz CT molecular complexity index is 1030. The molecule has 2 aromatic carbocycles. The first-order chi connectivity index (χ1) is 12.5. The largest absolute Gasteiger partial charge is 0.493 e. The molecule has 0 saturated carbocycles. The SMILES string of the molecule is COc1ccc(-c2n[nH]c(=S)n2/N=C\c2cccc(Cl)c2Cl)cc1OC. The van der Waals surface area contributed by atoms with Gasteiger partial charge in [-0.05, 0) is 36.5 Å². The van der Waals surface area contributed by atoms with Gasteiger partial charge >= 0.3 is 0 Å². The number of aromatic nitrogens is 3. The maximum atomic E-state index is 6.19. The number of nitrogens with zero attached hydrogens (tertiary/aromatic N) is 3. The lowest BCUT2D eigenvalue weighted by Gasteiger charge is -2.09. The van der Waals surface area contributed by atoms with Crippen molar-refractivity contribution in [2.24, 2.45) is 5.10 Å². The standard InChI is InChI=1S/C17H14Cl2N4O2S/c1-24-13-7-6-10(8-14(13)25-2)16-21-22-17(26)23(16)20-9-11-4-3-5-12(18)15(11)19/h3-9H,1-2H3,(H,22,26)/b20-9-. The molecule has 0 unspecified atom stereocenters. The molecule has 3 rings (SSSR count). The molecule has 0 aliphatic rings. The van der Waals surface area contributed by atoms with Gasteiger partial charge in [0.2, 0.25) is 4.77 Å². The summed E-state index contributed by atoms with van der Waals surface area (Å²) in [6.45, 7) is 0. The Morgan fingerprint density at radius 2 is 1.92 bits per heavy atom. The summed E-state index contributed by atoms with van der Waals surface area (Å²) in [5.41, 5.74) is 1.42. The van der Waals surface area contributed by atoms with Gasteiger partial charge in [0.05, 0.1) is 30.5 Å². The Morgan fingerprint density at radius 1 is 1.15 bits per heavy atom. The lowest BCUT2D eigenvalue weighted by atomic mass is 10.2. The van der Waals surface area contributed by atoms with Gasteiger partial charge in [0.25, 0.3) is 0 Å². The van der Waals surface area contributed by atoms with Gasteiger partial charge in [-0.1, -0.05) is 35.3 Å². The fourth-order valence-corrected chi connectivity index (χ4v) is 2.84. The molecule has 0 amide bonds. The summed E-state index contributed by atoms with van der Waals surface area (Å²) in [6.07, 6.45) is 1.57. The number of benzene rings is 2. The molecule has 9 heteroatoms. The highest BCUT2D eigenvalue weighted by atomic mass is 35.5. The van der Waals surface area contributed by atoms with E-state index in [1.807, 2.05) is 6.07 Å². The summed E-state index contributed by atoms with van der Waals surface area (Å²) >= 11 is 17.5. The lowest BCUT2D eigenvalue weighted by molar-refractivity contribution is 0.355. The molecule has 134 valence electrons. The van der Waals surface area contributed by atoms with Gasteiger partial charge < -0.3 is 9.47 Å². The molecule has 1 heterocycles. The molecule has 0 radical (unpaired) electrons. The number of methoxy groups -OCH3 is 2. The zero-order valence-corrected chi connectivity index (χ0v) is 16.2. The second kappa shape index (κ2) is 7.90. The number of ether oxygens (including phenoxy) is 2. The highest BCUT2D eigenvalue weighted by molar-refractivity contribution is 7.71. The van der Waals surface area contributed by atoms with E-state index in [2.05, 4.69) is 15.3 Å². The average Bonchev–Trinajstić information content (AvgIpc) is 3.03. The number of hydrogen-bond donors (Lipinski definition) is 1. The molecule has 0 spiro atoms. The third kappa shape index (κ3) is 3.60. The van der Waals surface area contributed by atoms with E-state index >= 15 is 0 Å². The summed E-state index contributed by atoms with van der Waals surface area (Å²) in [7, 11) is 3.14. The number of rotatable bonds is 5. The minimum Gasteiger partial charge on any atom is -0.493 e. The first-order valence-corrected chi connectivity index (χ1v) is 8.59. The van der Waals surface area contributed by atoms with Crippen LogP contribution in [0.25, 0.3) is 11.4 Å². The number of aromatic amines is 1. The smallest absolute Gasteiger partial charge is 0.216 e. The number of H-pyrrole nitrogens is 1. The summed E-state index contributed by atoms with van der Waals surface area (Å²) in [5, 5.41) is 12.2. The summed E-state index contributed by atoms with van der Waals surface area (Å²) in [4.78, 5) is 0. The zero-order chi connectivity index (χ0) is 18.7. The summed E-state index contributed by atoms with van der Waals surface area (Å²) in [6, 6.07) is 10.7. The number of nitrogens with one attached hydrogen (secondary N) is 1. The maximum Gasteiger partial charge on any atom is 0.216 e. The molecule has 6 nitrogen and oxygen atoms in total. The first kappa shape index (κ1) is 18.4. The quantitative estimate of drug-likeness (QED) is 0.485. The van der Waals surface area contributed by atoms with Crippen LogP contribution in [0.2, 0.25) is 10.0 Å². The van der Waals surface area contributed by atoms with E-state index in [1.165, 1.54) is 4.68 Å². The summed E-state index contributed by atoms with van der Waals surface area (Å²) in [5.74, 6) is 1.71. The second-order valence-electron chi connectivity index (χ2n) is 5.12. The van der Waals surface area contributed by atoms with Crippen LogP contribution in [0.3, 0.4) is 0 Å². The minimum atomic E-state index is 0.337. The third-order valence-corrected chi connectivity index (χ3v) is 4.68. The average molecular weight is 409 g/mol. The Hall–Kier alpha value is -2.35. The van der Waals surface area contributed by atoms with E-state index in [0.717, 1.165) is 5.56 Å². The van der Waals surface area contributed by atoms with Gasteiger partial charge in [0, 0.05) is 11.1 Å². The molecule has 0 saturated heterocycles. The van der Waals surface area contributed by atoms with Crippen LogP contribution in [0.1, 0.15) is 5.56 Å². The van der Waals surface area contributed by atoms with Gasteiger partial charge in [-0.2, -0.15) is 14.9 Å². The van der Waals surface area contributed by atoms with Gasteiger partial charge in [0.1, 0.15) is 0 Å². The Morgan fingerprint density at radius 3 is 2.65 bits per heavy atom. The van der Waals surface area contributed by atoms with Crippen molar-refractivity contribution < 1.29 is 9.47 Å². The third-order valence-electron chi connectivity index (χ3n) is 3.59. The summed E-state index contributed by atoms with van der Waals surface area (Å²) < 4.78 is 12.4. The fourth-order valence-electron chi connectivity index (χ4n) is 2.30. The highest BCUT2D eigenvalue weighted by Gasteiger charge is 2.12. The van der Waals surface area contributed by atoms with Gasteiger partial charge in [-0.3, -0.25) is 0 Å². The monoisotopic (exact) mass is 408 g/mol. The van der Waals surface area contributed by atoms with Crippen molar-refractivity contribution in [3.05, 3.63) is 56.8 Å². The highest BCUT2D eigenvalue weighted by Crippen LogP contribution is 2.31. The molecule has 3 aromatic rings. The van der Waals surface area contributed by atoms with Gasteiger partial charge in [0.15, 0.2) is 17.3 Å². The van der Waals surface area contributed by atoms with Crippen molar-refractivity contribution >= 4 is 41.6 Å². The van der Waals surface area contributed by atoms with Crippen LogP contribution in [0, 0.1) is 4.77 Å².